The van der Waals surface area contributed by atoms with Crippen molar-refractivity contribution in [3.05, 3.63) is 94.9 Å². The van der Waals surface area contributed by atoms with Crippen molar-refractivity contribution in [3.63, 3.8) is 0 Å². The van der Waals surface area contributed by atoms with Crippen molar-refractivity contribution in [2.24, 2.45) is 10.7 Å². The van der Waals surface area contributed by atoms with Crippen molar-refractivity contribution in [2.45, 2.75) is 5.92 Å². The highest BCUT2D eigenvalue weighted by Gasteiger charge is 2.31. The summed E-state index contributed by atoms with van der Waals surface area (Å²) in [6.07, 6.45) is 1.58. The summed E-state index contributed by atoms with van der Waals surface area (Å²) >= 11 is 0. The van der Waals surface area contributed by atoms with E-state index in [0.29, 0.717) is 22.6 Å². The Morgan fingerprint density at radius 2 is 1.87 bits per heavy atom. The van der Waals surface area contributed by atoms with Gasteiger partial charge in [0.15, 0.2) is 0 Å². The van der Waals surface area contributed by atoms with Crippen LogP contribution in [-0.4, -0.2) is 18.4 Å². The molecule has 1 aliphatic heterocycles. The van der Waals surface area contributed by atoms with E-state index < -0.39 is 5.92 Å². The minimum Gasteiger partial charge on any atom is -0.507 e. The number of phenolic OH excluding ortho intramolecular Hbond substituents is 1. The lowest BCUT2D eigenvalue weighted by Gasteiger charge is -2.27. The van der Waals surface area contributed by atoms with E-state index in [4.69, 9.17) is 15.2 Å². The van der Waals surface area contributed by atoms with Crippen molar-refractivity contribution in [1.82, 2.24) is 0 Å². The molecule has 6 heteroatoms. The van der Waals surface area contributed by atoms with Crippen LogP contribution in [0.15, 0.2) is 83.2 Å². The second-order valence-electron chi connectivity index (χ2n) is 6.74. The van der Waals surface area contributed by atoms with Gasteiger partial charge in [0.1, 0.15) is 28.9 Å². The van der Waals surface area contributed by atoms with Gasteiger partial charge in [0.05, 0.1) is 18.7 Å². The number of phenols is 1. The van der Waals surface area contributed by atoms with Crippen LogP contribution >= 0.6 is 0 Å². The van der Waals surface area contributed by atoms with Crippen LogP contribution in [0.2, 0.25) is 0 Å². The largest absolute Gasteiger partial charge is 0.507 e. The predicted octanol–water partition coefficient (Wildman–Crippen LogP) is 4.37. The van der Waals surface area contributed by atoms with Crippen LogP contribution in [0, 0.1) is 11.3 Å². The summed E-state index contributed by atoms with van der Waals surface area (Å²) in [5.74, 6) is 0.805. The van der Waals surface area contributed by atoms with Crippen LogP contribution < -0.4 is 15.2 Å². The van der Waals surface area contributed by atoms with Crippen LogP contribution in [0.5, 0.6) is 17.2 Å². The van der Waals surface area contributed by atoms with Crippen LogP contribution in [-0.2, 0) is 0 Å². The van der Waals surface area contributed by atoms with Gasteiger partial charge < -0.3 is 20.3 Å². The molecule has 3 aromatic carbocycles. The number of nitrogens with two attached hydrogens (primary N) is 1. The molecule has 0 radical (unpaired) electrons. The van der Waals surface area contributed by atoms with Crippen LogP contribution in [0.1, 0.15) is 22.6 Å². The highest BCUT2D eigenvalue weighted by Crippen LogP contribution is 2.44. The molecule has 1 unspecified atom stereocenters. The Morgan fingerprint density at radius 3 is 2.53 bits per heavy atom. The Labute approximate surface area is 174 Å². The molecule has 0 amide bonds. The summed E-state index contributed by atoms with van der Waals surface area (Å²) in [7, 11) is 1.60. The van der Waals surface area contributed by atoms with Crippen molar-refractivity contribution >= 4 is 11.9 Å². The number of aliphatic imine (C=N–C) groups is 1. The highest BCUT2D eigenvalue weighted by molar-refractivity contribution is 5.86. The number of allylic oxidation sites excluding steroid dienone is 1. The zero-order valence-electron chi connectivity index (χ0n) is 16.2. The van der Waals surface area contributed by atoms with Crippen LogP contribution in [0.4, 0.5) is 5.69 Å². The third kappa shape index (κ3) is 3.56. The molecule has 0 saturated carbocycles. The Balaban J connectivity index is 1.77. The van der Waals surface area contributed by atoms with Gasteiger partial charge in [0.25, 0.3) is 0 Å². The van der Waals surface area contributed by atoms with Gasteiger partial charge in [-0.05, 0) is 35.9 Å². The van der Waals surface area contributed by atoms with Gasteiger partial charge in [-0.15, -0.1) is 0 Å². The monoisotopic (exact) mass is 397 g/mol. The first-order valence-corrected chi connectivity index (χ1v) is 9.28. The first-order chi connectivity index (χ1) is 14.6. The molecule has 1 heterocycles. The Hall–Kier alpha value is -4.24. The number of benzene rings is 3. The maximum atomic E-state index is 10.5. The fourth-order valence-corrected chi connectivity index (χ4v) is 3.42. The number of rotatable bonds is 4. The van der Waals surface area contributed by atoms with Gasteiger partial charge >= 0.3 is 0 Å². The number of methoxy groups -OCH3 is 1. The first kappa shape index (κ1) is 19.1. The van der Waals surface area contributed by atoms with E-state index in [1.807, 2.05) is 54.6 Å². The summed E-state index contributed by atoms with van der Waals surface area (Å²) in [5.41, 5.74) is 9.19. The zero-order valence-corrected chi connectivity index (χ0v) is 16.2. The summed E-state index contributed by atoms with van der Waals surface area (Å²) in [5, 5.41) is 20.2. The molecule has 30 heavy (non-hydrogen) atoms. The molecule has 4 rings (SSSR count). The Kier molecular flexibility index (Phi) is 5.10. The van der Waals surface area contributed by atoms with Gasteiger partial charge in [-0.3, -0.25) is 4.99 Å². The van der Waals surface area contributed by atoms with Gasteiger partial charge in [-0.1, -0.05) is 30.3 Å². The lowest BCUT2D eigenvalue weighted by Crippen LogP contribution is -2.21. The molecule has 0 aromatic heterocycles. The Bertz CT molecular complexity index is 1180. The lowest BCUT2D eigenvalue weighted by atomic mass is 9.83. The topological polar surface area (TPSA) is 101 Å². The number of hydrogen-bond donors (Lipinski definition) is 2. The van der Waals surface area contributed by atoms with Crippen molar-refractivity contribution in [2.75, 3.05) is 7.11 Å². The number of fused-ring (bicyclic) bond motifs is 1. The Morgan fingerprint density at radius 1 is 1.13 bits per heavy atom. The molecule has 3 N–H and O–H groups in total. The van der Waals surface area contributed by atoms with E-state index in [1.54, 1.807) is 19.4 Å². The molecule has 6 nitrogen and oxygen atoms in total. The molecule has 0 saturated heterocycles. The fraction of sp³-hybridized carbons (Fsp3) is 0.0833. The van der Waals surface area contributed by atoms with Gasteiger partial charge in [-0.2, -0.15) is 5.26 Å². The SMILES string of the molecule is COc1ccc(N=Cc2cc3c(cc2O)OC(N)=C(C#N)C3c2ccccc2)cc1. The summed E-state index contributed by atoms with van der Waals surface area (Å²) in [6.45, 7) is 0. The predicted molar refractivity (Wildman–Crippen MR) is 114 cm³/mol. The van der Waals surface area contributed by atoms with Gasteiger partial charge in [0.2, 0.25) is 5.88 Å². The number of nitriles is 1. The highest BCUT2D eigenvalue weighted by atomic mass is 16.5. The lowest BCUT2D eigenvalue weighted by molar-refractivity contribution is 0.388. The van der Waals surface area contributed by atoms with Crippen LogP contribution in [0.3, 0.4) is 0 Å². The van der Waals surface area contributed by atoms with E-state index in [9.17, 15) is 10.4 Å². The van der Waals surface area contributed by atoms with Crippen molar-refractivity contribution in [1.29, 1.82) is 5.26 Å². The first-order valence-electron chi connectivity index (χ1n) is 9.28. The molecule has 0 spiro atoms. The number of nitrogens with zero attached hydrogens (tertiary/aromatic N) is 2. The van der Waals surface area contributed by atoms with E-state index in [0.717, 1.165) is 16.9 Å². The summed E-state index contributed by atoms with van der Waals surface area (Å²) in [6, 6.07) is 22.3. The quantitative estimate of drug-likeness (QED) is 0.637. The van der Waals surface area contributed by atoms with E-state index in [-0.39, 0.29) is 11.6 Å². The number of ether oxygens (including phenoxy) is 2. The average Bonchev–Trinajstić information content (AvgIpc) is 2.78. The molecule has 148 valence electrons. The minimum absolute atomic E-state index is 0.00558. The fourth-order valence-electron chi connectivity index (χ4n) is 3.42. The van der Waals surface area contributed by atoms with Crippen LogP contribution in [0.25, 0.3) is 0 Å². The normalized spacial score (nSPS) is 15.4. The van der Waals surface area contributed by atoms with Crippen molar-refractivity contribution < 1.29 is 14.6 Å². The zero-order chi connectivity index (χ0) is 21.1. The smallest absolute Gasteiger partial charge is 0.205 e. The number of hydrogen-bond acceptors (Lipinski definition) is 6. The molecule has 1 aliphatic rings. The molecule has 0 fully saturated rings. The molecule has 0 bridgehead atoms. The third-order valence-electron chi connectivity index (χ3n) is 4.92. The van der Waals surface area contributed by atoms with Gasteiger partial charge in [0, 0.05) is 23.4 Å². The second-order valence-corrected chi connectivity index (χ2v) is 6.74. The van der Waals surface area contributed by atoms with Crippen molar-refractivity contribution in [3.8, 4) is 23.3 Å². The standard InChI is InChI=1S/C24H19N3O3/c1-29-18-9-7-17(8-10-18)27-14-16-11-19-22(12-21(16)28)30-24(26)20(13-25)23(19)15-5-3-2-4-6-15/h2-12,14,23,28H,26H2,1H3. The average molecular weight is 397 g/mol. The van der Waals surface area contributed by atoms with Gasteiger partial charge in [-0.25, -0.2) is 0 Å². The molecule has 1 atom stereocenters. The molecule has 0 aliphatic carbocycles. The second kappa shape index (κ2) is 8.02. The molecular formula is C24H19N3O3. The minimum atomic E-state index is -0.395. The maximum Gasteiger partial charge on any atom is 0.205 e. The maximum absolute atomic E-state index is 10.5. The van der Waals surface area contributed by atoms with E-state index >= 15 is 0 Å². The summed E-state index contributed by atoms with van der Waals surface area (Å²) < 4.78 is 10.8. The van der Waals surface area contributed by atoms with E-state index in [1.165, 1.54) is 6.07 Å². The molecule has 3 aromatic rings. The summed E-state index contributed by atoms with van der Waals surface area (Å²) in [4.78, 5) is 4.43. The molecular weight excluding hydrogens is 378 g/mol. The van der Waals surface area contributed by atoms with E-state index in [2.05, 4.69) is 11.1 Å². The third-order valence-corrected chi connectivity index (χ3v) is 4.92. The number of aromatic hydroxyl groups is 1.